The summed E-state index contributed by atoms with van der Waals surface area (Å²) in [7, 11) is 3.54. The Kier molecular flexibility index (Phi) is 10.0. The van der Waals surface area contributed by atoms with Crippen molar-refractivity contribution in [3.8, 4) is 0 Å². The van der Waals surface area contributed by atoms with E-state index < -0.39 is 29.5 Å². The molecule has 1 heterocycles. The third-order valence-corrected chi connectivity index (χ3v) is 9.83. The van der Waals surface area contributed by atoms with Crippen LogP contribution in [0.5, 0.6) is 0 Å². The fourth-order valence-electron chi connectivity index (χ4n) is 7.24. The number of fused-ring (bicyclic) bond motifs is 1. The van der Waals surface area contributed by atoms with Gasteiger partial charge >= 0.3 is 0 Å². The molecule has 3 aromatic rings. The Morgan fingerprint density at radius 1 is 1.02 bits per heavy atom. The SMILES string of the molecule is C/C(=C\C(=O)N(C)[C@H](Cc1ccc2ccccc2c1)C(O)N(C)C1(C(=O)N2CCC(O)CC2)C[C@H]1c1ccccc1)CC(C)(C)N. The molecule has 2 fully saturated rings. The van der Waals surface area contributed by atoms with Crippen molar-refractivity contribution in [2.75, 3.05) is 27.2 Å². The minimum absolute atomic E-state index is 0.0332. The molecule has 0 spiro atoms. The van der Waals surface area contributed by atoms with Gasteiger partial charge in [-0.3, -0.25) is 14.5 Å². The summed E-state index contributed by atoms with van der Waals surface area (Å²) in [5, 5.41) is 24.6. The smallest absolute Gasteiger partial charge is 0.246 e. The maximum atomic E-state index is 14.4. The molecule has 4 atom stereocenters. The lowest BCUT2D eigenvalue weighted by atomic mass is 9.95. The number of hydrogen-bond acceptors (Lipinski definition) is 6. The van der Waals surface area contributed by atoms with Crippen LogP contribution in [0.4, 0.5) is 0 Å². The number of hydrogen-bond donors (Lipinski definition) is 3. The van der Waals surface area contributed by atoms with Gasteiger partial charge in [0.2, 0.25) is 11.8 Å². The molecule has 1 aliphatic heterocycles. The van der Waals surface area contributed by atoms with Gasteiger partial charge in [0.05, 0.1) is 12.1 Å². The van der Waals surface area contributed by atoms with E-state index in [-0.39, 0.29) is 17.7 Å². The predicted octanol–water partition coefficient (Wildman–Crippen LogP) is 4.44. The lowest BCUT2D eigenvalue weighted by Gasteiger charge is -2.42. The number of benzene rings is 3. The molecule has 2 amide bonds. The molecule has 2 aliphatic rings. The van der Waals surface area contributed by atoms with Crippen molar-refractivity contribution in [1.82, 2.24) is 14.7 Å². The zero-order chi connectivity index (χ0) is 33.2. The number of amides is 2. The molecule has 0 aromatic heterocycles. The van der Waals surface area contributed by atoms with Crippen LogP contribution in [-0.2, 0) is 16.0 Å². The van der Waals surface area contributed by atoms with Crippen LogP contribution in [-0.4, -0.2) is 93.4 Å². The highest BCUT2D eigenvalue weighted by molar-refractivity contribution is 5.92. The normalized spacial score (nSPS) is 22.2. The van der Waals surface area contributed by atoms with Gasteiger partial charge in [0.15, 0.2) is 0 Å². The maximum Gasteiger partial charge on any atom is 0.246 e. The monoisotopic (exact) mass is 626 g/mol. The van der Waals surface area contributed by atoms with E-state index in [0.29, 0.717) is 45.2 Å². The van der Waals surface area contributed by atoms with Gasteiger partial charge < -0.3 is 25.7 Å². The number of carbonyl (C=O) groups is 2. The second kappa shape index (κ2) is 13.7. The van der Waals surface area contributed by atoms with E-state index in [2.05, 4.69) is 24.3 Å². The highest BCUT2D eigenvalue weighted by Crippen LogP contribution is 2.57. The van der Waals surface area contributed by atoms with Crippen LogP contribution < -0.4 is 5.73 Å². The van der Waals surface area contributed by atoms with Crippen LogP contribution in [0.3, 0.4) is 0 Å². The van der Waals surface area contributed by atoms with Crippen molar-refractivity contribution >= 4 is 22.6 Å². The summed E-state index contributed by atoms with van der Waals surface area (Å²) in [5.74, 6) is -0.362. The fourth-order valence-corrected chi connectivity index (χ4v) is 7.24. The third kappa shape index (κ3) is 7.36. The van der Waals surface area contributed by atoms with Gasteiger partial charge in [0, 0.05) is 37.7 Å². The Morgan fingerprint density at radius 3 is 2.30 bits per heavy atom. The molecule has 246 valence electrons. The van der Waals surface area contributed by atoms with E-state index in [1.165, 1.54) is 0 Å². The molecule has 3 aromatic carbocycles. The van der Waals surface area contributed by atoms with Gasteiger partial charge in [0.25, 0.3) is 0 Å². The second-order valence-electron chi connectivity index (χ2n) is 14.2. The molecule has 1 aliphatic carbocycles. The molecule has 1 saturated carbocycles. The van der Waals surface area contributed by atoms with Crippen LogP contribution in [0, 0.1) is 0 Å². The van der Waals surface area contributed by atoms with Crippen molar-refractivity contribution in [1.29, 1.82) is 0 Å². The topological polar surface area (TPSA) is 110 Å². The zero-order valence-electron chi connectivity index (χ0n) is 27.9. The summed E-state index contributed by atoms with van der Waals surface area (Å²) < 4.78 is 0. The first-order chi connectivity index (χ1) is 21.8. The molecular weight excluding hydrogens is 576 g/mol. The van der Waals surface area contributed by atoms with Gasteiger partial charge in [-0.1, -0.05) is 78.4 Å². The van der Waals surface area contributed by atoms with Crippen LogP contribution in [0.15, 0.2) is 84.4 Å². The largest absolute Gasteiger partial charge is 0.393 e. The minimum Gasteiger partial charge on any atom is -0.393 e. The first-order valence-electron chi connectivity index (χ1n) is 16.4. The lowest BCUT2D eigenvalue weighted by Crippen LogP contribution is -2.60. The predicted molar refractivity (Wildman–Crippen MR) is 183 cm³/mol. The summed E-state index contributed by atoms with van der Waals surface area (Å²) >= 11 is 0. The number of likely N-dealkylation sites (N-methyl/N-ethyl adjacent to an activating group) is 2. The van der Waals surface area contributed by atoms with Crippen molar-refractivity contribution in [3.63, 3.8) is 0 Å². The minimum atomic E-state index is -1.15. The molecule has 1 saturated heterocycles. The van der Waals surface area contributed by atoms with E-state index >= 15 is 0 Å². The molecule has 0 radical (unpaired) electrons. The highest BCUT2D eigenvalue weighted by atomic mass is 16.3. The summed E-state index contributed by atoms with van der Waals surface area (Å²) in [6.45, 7) is 6.72. The van der Waals surface area contributed by atoms with E-state index in [9.17, 15) is 19.8 Å². The lowest BCUT2D eigenvalue weighted by molar-refractivity contribution is -0.150. The second-order valence-corrected chi connectivity index (χ2v) is 14.2. The highest BCUT2D eigenvalue weighted by Gasteiger charge is 2.66. The molecule has 4 N–H and O–H groups in total. The first-order valence-corrected chi connectivity index (χ1v) is 16.4. The van der Waals surface area contributed by atoms with Crippen LogP contribution >= 0.6 is 0 Å². The Bertz CT molecular complexity index is 1560. The van der Waals surface area contributed by atoms with Gasteiger partial charge in [-0.25, -0.2) is 0 Å². The van der Waals surface area contributed by atoms with E-state index in [4.69, 9.17) is 5.73 Å². The zero-order valence-corrected chi connectivity index (χ0v) is 27.9. The number of aliphatic hydroxyl groups is 2. The Labute approximate surface area is 273 Å². The number of aliphatic hydroxyl groups excluding tert-OH is 2. The van der Waals surface area contributed by atoms with Gasteiger partial charge in [-0.15, -0.1) is 0 Å². The van der Waals surface area contributed by atoms with Crippen molar-refractivity contribution < 1.29 is 19.8 Å². The van der Waals surface area contributed by atoms with E-state index in [1.54, 1.807) is 18.0 Å². The third-order valence-electron chi connectivity index (χ3n) is 9.83. The van der Waals surface area contributed by atoms with Gasteiger partial charge in [-0.05, 0) is 81.8 Å². The van der Waals surface area contributed by atoms with Gasteiger partial charge in [0.1, 0.15) is 11.8 Å². The number of piperidine rings is 1. The summed E-state index contributed by atoms with van der Waals surface area (Å²) in [6.07, 6.45) is 2.66. The molecule has 0 bridgehead atoms. The van der Waals surface area contributed by atoms with Crippen LogP contribution in [0.25, 0.3) is 10.8 Å². The average molecular weight is 627 g/mol. The number of nitrogens with two attached hydrogens (primary N) is 1. The number of carbonyl (C=O) groups excluding carboxylic acids is 2. The standard InChI is InChI=1S/C38H50N4O4/c1-26(24-37(2,3)39)21-34(44)40(4)33(23-27-15-16-28-11-9-10-14-30(28)22-27)35(45)41(5)38(25-32(38)29-12-7-6-8-13-29)36(46)42-19-17-31(43)18-20-42/h6-16,21-22,31-33,35,43,45H,17-20,23-25,39H2,1-5H3/b26-21+/t32-,33+,35?,38?/m0/s1. The molecule has 46 heavy (non-hydrogen) atoms. The first kappa shape index (κ1) is 33.8. The van der Waals surface area contributed by atoms with Crippen molar-refractivity contribution in [2.45, 2.75) is 88.2 Å². The van der Waals surface area contributed by atoms with E-state index in [1.807, 2.05) is 86.1 Å². The van der Waals surface area contributed by atoms with Crippen LogP contribution in [0.2, 0.25) is 0 Å². The molecular formula is C38H50N4O4. The van der Waals surface area contributed by atoms with Crippen LogP contribution in [0.1, 0.15) is 63.5 Å². The Balaban J connectivity index is 1.49. The number of likely N-dealkylation sites (tertiary alicyclic amines) is 1. The average Bonchev–Trinajstić information content (AvgIpc) is 3.79. The van der Waals surface area contributed by atoms with E-state index in [0.717, 1.165) is 27.5 Å². The maximum absolute atomic E-state index is 14.4. The summed E-state index contributed by atoms with van der Waals surface area (Å²) in [5.41, 5.74) is 7.70. The van der Waals surface area contributed by atoms with Crippen molar-refractivity contribution in [3.05, 3.63) is 95.6 Å². The summed E-state index contributed by atoms with van der Waals surface area (Å²) in [6, 6.07) is 23.7. The van der Waals surface area contributed by atoms with Gasteiger partial charge in [-0.2, -0.15) is 0 Å². The fraction of sp³-hybridized carbons (Fsp3) is 0.474. The molecule has 8 nitrogen and oxygen atoms in total. The molecule has 2 unspecified atom stereocenters. The Hall–Kier alpha value is -3.56. The summed E-state index contributed by atoms with van der Waals surface area (Å²) in [4.78, 5) is 33.4. The number of nitrogens with zero attached hydrogens (tertiary/aromatic N) is 3. The quantitative estimate of drug-likeness (QED) is 0.215. The van der Waals surface area contributed by atoms with Crippen molar-refractivity contribution in [2.24, 2.45) is 5.73 Å². The number of rotatable bonds is 11. The molecule has 8 heteroatoms. The molecule has 5 rings (SSSR count). The Morgan fingerprint density at radius 2 is 1.65 bits per heavy atom.